The number of carbonyl (C=O) groups excluding carboxylic acids is 1. The molecule has 2 heterocycles. The van der Waals surface area contributed by atoms with Crippen LogP contribution < -0.4 is 4.74 Å². The fourth-order valence-electron chi connectivity index (χ4n) is 7.59. The molecule has 41 heavy (non-hydrogen) atoms. The lowest BCUT2D eigenvalue weighted by molar-refractivity contribution is -0.143. The standard InChI is InChI=1S/C34H45N3O4/c38-33(39)27-13-17-31(18-14-27)41-30-15-11-25(12-16-30)23-35-21-19-29(20-22-35)37-32(26-7-3-1-4-8-26)24-36(34(37)40)28-9-5-2-6-10-28/h1,3-4,7-8,11-12,15-16,27-29,31-32H,2,5-6,9-10,13-14,17-24H2,(H,38,39). The highest BCUT2D eigenvalue weighted by atomic mass is 16.5. The number of carbonyl (C=O) groups is 2. The molecule has 4 fully saturated rings. The van der Waals surface area contributed by atoms with Gasteiger partial charge < -0.3 is 19.6 Å². The number of benzene rings is 2. The van der Waals surface area contributed by atoms with Crippen molar-refractivity contribution in [1.29, 1.82) is 0 Å². The number of urea groups is 1. The highest BCUT2D eigenvalue weighted by molar-refractivity contribution is 5.78. The number of nitrogens with zero attached hydrogens (tertiary/aromatic N) is 3. The molecule has 1 N–H and O–H groups in total. The lowest BCUT2D eigenvalue weighted by Gasteiger charge is -2.39. The summed E-state index contributed by atoms with van der Waals surface area (Å²) in [6.45, 7) is 3.71. The van der Waals surface area contributed by atoms with Gasteiger partial charge in [0.25, 0.3) is 0 Å². The zero-order valence-electron chi connectivity index (χ0n) is 24.2. The van der Waals surface area contributed by atoms with Crippen molar-refractivity contribution in [1.82, 2.24) is 14.7 Å². The molecule has 1 atom stereocenters. The van der Waals surface area contributed by atoms with Crippen molar-refractivity contribution in [3.05, 3.63) is 65.7 Å². The number of piperidine rings is 1. The van der Waals surface area contributed by atoms with Crippen molar-refractivity contribution in [2.45, 2.75) is 101 Å². The lowest BCUT2D eigenvalue weighted by Crippen LogP contribution is -2.48. The first kappa shape index (κ1) is 28.1. The van der Waals surface area contributed by atoms with Crippen LogP contribution in [0.15, 0.2) is 54.6 Å². The van der Waals surface area contributed by atoms with Gasteiger partial charge in [0.2, 0.25) is 0 Å². The number of likely N-dealkylation sites (tertiary alicyclic amines) is 1. The van der Waals surface area contributed by atoms with Crippen LogP contribution in [0, 0.1) is 5.92 Å². The summed E-state index contributed by atoms with van der Waals surface area (Å²) in [5, 5.41) is 9.22. The van der Waals surface area contributed by atoms with Crippen LogP contribution in [0.3, 0.4) is 0 Å². The Morgan fingerprint density at radius 3 is 2.15 bits per heavy atom. The van der Waals surface area contributed by atoms with E-state index >= 15 is 0 Å². The Morgan fingerprint density at radius 1 is 0.805 bits per heavy atom. The summed E-state index contributed by atoms with van der Waals surface area (Å²) in [6.07, 6.45) is 11.2. The van der Waals surface area contributed by atoms with E-state index in [9.17, 15) is 14.7 Å². The molecular formula is C34H45N3O4. The average molecular weight is 560 g/mol. The molecule has 2 aliphatic heterocycles. The molecule has 4 aliphatic rings. The number of rotatable bonds is 8. The molecule has 1 unspecified atom stereocenters. The molecule has 220 valence electrons. The second-order valence-electron chi connectivity index (χ2n) is 12.6. The molecule has 2 saturated heterocycles. The predicted molar refractivity (Wildman–Crippen MR) is 159 cm³/mol. The second-order valence-corrected chi connectivity index (χ2v) is 12.6. The van der Waals surface area contributed by atoms with Crippen LogP contribution in [-0.2, 0) is 11.3 Å². The quantitative estimate of drug-likeness (QED) is 0.401. The second kappa shape index (κ2) is 12.8. The summed E-state index contributed by atoms with van der Waals surface area (Å²) < 4.78 is 6.16. The maximum Gasteiger partial charge on any atom is 0.321 e. The summed E-state index contributed by atoms with van der Waals surface area (Å²) in [6, 6.07) is 20.2. The van der Waals surface area contributed by atoms with E-state index < -0.39 is 5.97 Å². The molecule has 7 heteroatoms. The number of hydrogen-bond donors (Lipinski definition) is 1. The number of aliphatic carboxylic acids is 1. The molecule has 0 bridgehead atoms. The van der Waals surface area contributed by atoms with Gasteiger partial charge in [-0.15, -0.1) is 0 Å². The van der Waals surface area contributed by atoms with Crippen molar-refractivity contribution in [3.8, 4) is 5.75 Å². The van der Waals surface area contributed by atoms with E-state index in [2.05, 4.69) is 69.3 Å². The molecule has 2 saturated carbocycles. The van der Waals surface area contributed by atoms with Gasteiger partial charge in [-0.3, -0.25) is 9.69 Å². The van der Waals surface area contributed by atoms with Crippen LogP contribution in [0.2, 0.25) is 0 Å². The first-order valence-electron chi connectivity index (χ1n) is 15.9. The summed E-state index contributed by atoms with van der Waals surface area (Å²) in [7, 11) is 0. The van der Waals surface area contributed by atoms with Gasteiger partial charge in [0, 0.05) is 38.3 Å². The van der Waals surface area contributed by atoms with Gasteiger partial charge in [-0.25, -0.2) is 4.79 Å². The molecule has 0 radical (unpaired) electrons. The van der Waals surface area contributed by atoms with E-state index in [1.54, 1.807) is 0 Å². The number of hydrogen-bond acceptors (Lipinski definition) is 4. The Balaban J connectivity index is 1.03. The van der Waals surface area contributed by atoms with Crippen LogP contribution in [0.5, 0.6) is 5.75 Å². The van der Waals surface area contributed by atoms with Crippen molar-refractivity contribution in [2.75, 3.05) is 19.6 Å². The maximum absolute atomic E-state index is 13.9. The molecule has 2 amide bonds. The van der Waals surface area contributed by atoms with E-state index in [0.29, 0.717) is 18.9 Å². The molecule has 0 aromatic heterocycles. The van der Waals surface area contributed by atoms with Gasteiger partial charge >= 0.3 is 12.0 Å². The Bertz CT molecular complexity index is 1150. The van der Waals surface area contributed by atoms with E-state index in [1.165, 1.54) is 30.4 Å². The molecule has 2 aromatic carbocycles. The summed E-state index contributed by atoms with van der Waals surface area (Å²) >= 11 is 0. The third-order valence-corrected chi connectivity index (χ3v) is 9.98. The summed E-state index contributed by atoms with van der Waals surface area (Å²) in [5.74, 6) is -0.0282. The lowest BCUT2D eigenvalue weighted by atomic mass is 9.87. The Morgan fingerprint density at radius 2 is 1.49 bits per heavy atom. The fourth-order valence-corrected chi connectivity index (χ4v) is 7.59. The number of ether oxygens (including phenoxy) is 1. The van der Waals surface area contributed by atoms with Crippen LogP contribution in [0.4, 0.5) is 4.79 Å². The maximum atomic E-state index is 13.9. The normalized spacial score (nSPS) is 26.8. The largest absolute Gasteiger partial charge is 0.490 e. The van der Waals surface area contributed by atoms with Gasteiger partial charge in [-0.05, 0) is 74.6 Å². The van der Waals surface area contributed by atoms with Crippen LogP contribution in [-0.4, -0.2) is 69.6 Å². The minimum Gasteiger partial charge on any atom is -0.490 e. The molecular weight excluding hydrogens is 514 g/mol. The average Bonchev–Trinajstić information content (AvgIpc) is 3.36. The van der Waals surface area contributed by atoms with Gasteiger partial charge in [0.1, 0.15) is 5.75 Å². The topological polar surface area (TPSA) is 73.3 Å². The van der Waals surface area contributed by atoms with E-state index in [-0.39, 0.29) is 30.1 Å². The minimum absolute atomic E-state index is 0.109. The first-order chi connectivity index (χ1) is 20.0. The molecule has 0 spiro atoms. The summed E-state index contributed by atoms with van der Waals surface area (Å²) in [4.78, 5) is 32.1. The minimum atomic E-state index is -0.679. The number of carboxylic acids is 1. The highest BCUT2D eigenvalue weighted by Gasteiger charge is 2.45. The Kier molecular flexibility index (Phi) is 8.80. The van der Waals surface area contributed by atoms with Gasteiger partial charge in [-0.2, -0.15) is 0 Å². The van der Waals surface area contributed by atoms with Crippen LogP contribution >= 0.6 is 0 Å². The van der Waals surface area contributed by atoms with Crippen LogP contribution in [0.1, 0.15) is 87.8 Å². The van der Waals surface area contributed by atoms with Crippen molar-refractivity contribution in [2.24, 2.45) is 5.92 Å². The van der Waals surface area contributed by atoms with Crippen molar-refractivity contribution >= 4 is 12.0 Å². The molecule has 6 rings (SSSR count). The van der Waals surface area contributed by atoms with Gasteiger partial charge in [-0.1, -0.05) is 61.7 Å². The third kappa shape index (κ3) is 6.56. The predicted octanol–water partition coefficient (Wildman–Crippen LogP) is 6.48. The number of carboxylic acid groups (broad SMARTS) is 1. The first-order valence-corrected chi connectivity index (χ1v) is 15.9. The zero-order chi connectivity index (χ0) is 28.2. The van der Waals surface area contributed by atoms with Gasteiger partial charge in [0.15, 0.2) is 0 Å². The monoisotopic (exact) mass is 559 g/mol. The molecule has 7 nitrogen and oxygen atoms in total. The Hall–Kier alpha value is -3.06. The van der Waals surface area contributed by atoms with Crippen LogP contribution in [0.25, 0.3) is 0 Å². The van der Waals surface area contributed by atoms with E-state index in [1.807, 2.05) is 0 Å². The van der Waals surface area contributed by atoms with Crippen molar-refractivity contribution < 1.29 is 19.4 Å². The van der Waals surface area contributed by atoms with Gasteiger partial charge in [0.05, 0.1) is 18.1 Å². The molecule has 2 aliphatic carbocycles. The van der Waals surface area contributed by atoms with E-state index in [0.717, 1.165) is 70.5 Å². The SMILES string of the molecule is O=C(O)C1CCC(Oc2ccc(CN3CCC(N4C(=O)N(C5CCCCC5)CC4c4ccccc4)CC3)cc2)CC1. The highest BCUT2D eigenvalue weighted by Crippen LogP contribution is 2.38. The number of amides is 2. The Labute approximate surface area is 244 Å². The smallest absolute Gasteiger partial charge is 0.321 e. The fraction of sp³-hybridized carbons (Fsp3) is 0.588. The van der Waals surface area contributed by atoms with Crippen molar-refractivity contribution in [3.63, 3.8) is 0 Å². The van der Waals surface area contributed by atoms with E-state index in [4.69, 9.17) is 4.74 Å². The molecule has 2 aromatic rings. The zero-order valence-corrected chi connectivity index (χ0v) is 24.2. The third-order valence-electron chi connectivity index (χ3n) is 9.98. The summed E-state index contributed by atoms with van der Waals surface area (Å²) in [5.41, 5.74) is 2.53.